The largest absolute Gasteiger partial charge is 0.507 e. The average molecular weight is 390 g/mol. The van der Waals surface area contributed by atoms with Crippen LogP contribution in [-0.2, 0) is 17.1 Å². The average Bonchev–Trinajstić information content (AvgIpc) is 2.57. The second-order valence-electron chi connectivity index (χ2n) is 5.94. The first-order valence-electron chi connectivity index (χ1n) is 7.74. The van der Waals surface area contributed by atoms with Crippen LogP contribution in [0.1, 0.15) is 32.0 Å². The van der Waals surface area contributed by atoms with E-state index in [1.807, 2.05) is 4.72 Å². The number of ketones is 1. The smallest absolute Gasteiger partial charge is 0.265 e. The molecule has 0 aliphatic carbocycles. The van der Waals surface area contributed by atoms with Crippen LogP contribution in [0.25, 0.3) is 6.08 Å². The number of nitrogens with one attached hydrogen (secondary N) is 1. The Morgan fingerprint density at radius 1 is 1.22 bits per heavy atom. The molecule has 0 aliphatic rings. The molecule has 0 unspecified atom stereocenters. The number of benzene rings is 1. The van der Waals surface area contributed by atoms with Gasteiger partial charge in [0.05, 0.1) is 6.26 Å². The molecule has 0 radical (unpaired) electrons. The third kappa shape index (κ3) is 4.91. The molecule has 0 atom stereocenters. The number of rotatable bonds is 5. The van der Waals surface area contributed by atoms with Crippen LogP contribution in [-0.4, -0.2) is 36.0 Å². The molecule has 0 saturated heterocycles. The highest BCUT2D eigenvalue weighted by Gasteiger charge is 2.16. The van der Waals surface area contributed by atoms with Crippen LogP contribution in [0.2, 0.25) is 0 Å². The van der Waals surface area contributed by atoms with E-state index in [1.165, 1.54) is 42.0 Å². The molecule has 0 spiro atoms. The van der Waals surface area contributed by atoms with Gasteiger partial charge in [0.1, 0.15) is 11.3 Å². The van der Waals surface area contributed by atoms with Gasteiger partial charge in [-0.1, -0.05) is 18.2 Å². The Morgan fingerprint density at radius 3 is 2.52 bits per heavy atom. The summed E-state index contributed by atoms with van der Waals surface area (Å²) in [5, 5.41) is 9.91. The summed E-state index contributed by atoms with van der Waals surface area (Å²) in [6.07, 6.45) is 3.32. The molecular weight excluding hydrogens is 372 g/mol. The van der Waals surface area contributed by atoms with E-state index in [0.29, 0.717) is 11.3 Å². The van der Waals surface area contributed by atoms with Gasteiger partial charge in [0.15, 0.2) is 5.78 Å². The molecule has 1 aromatic carbocycles. The Balaban J connectivity index is 2.31. The zero-order chi connectivity index (χ0) is 20.4. The molecule has 27 heavy (non-hydrogen) atoms. The van der Waals surface area contributed by atoms with Crippen molar-refractivity contribution < 1.29 is 23.1 Å². The molecule has 9 heteroatoms. The van der Waals surface area contributed by atoms with Gasteiger partial charge in [-0.05, 0) is 30.7 Å². The molecule has 0 aliphatic heterocycles. The maximum atomic E-state index is 12.3. The number of sulfonamides is 1. The summed E-state index contributed by atoms with van der Waals surface area (Å²) in [6.45, 7) is 1.62. The van der Waals surface area contributed by atoms with E-state index in [-0.39, 0.29) is 11.1 Å². The lowest BCUT2D eigenvalue weighted by Gasteiger charge is -2.07. The maximum Gasteiger partial charge on any atom is 0.265 e. The zero-order valence-electron chi connectivity index (χ0n) is 14.9. The Labute approximate surface area is 155 Å². The SMILES string of the molecule is Cc1cc(O)c(C(=O)C=Cc2cccc(C(=O)NS(C)(=O)=O)c2)c(=O)n1C. The van der Waals surface area contributed by atoms with Crippen LogP contribution >= 0.6 is 0 Å². The van der Waals surface area contributed by atoms with E-state index in [9.17, 15) is 27.9 Å². The van der Waals surface area contributed by atoms with Gasteiger partial charge < -0.3 is 9.67 Å². The van der Waals surface area contributed by atoms with Crippen LogP contribution in [0.3, 0.4) is 0 Å². The standard InChI is InChI=1S/C18H18N2O6S/c1-11-9-15(22)16(18(24)20(11)2)14(21)8-7-12-5-4-6-13(10-12)17(23)19-27(3,25)26/h4-10,22H,1-3H3,(H,19,23). The van der Waals surface area contributed by atoms with Gasteiger partial charge in [-0.25, -0.2) is 13.1 Å². The van der Waals surface area contributed by atoms with Crippen molar-refractivity contribution in [1.82, 2.24) is 9.29 Å². The fraction of sp³-hybridized carbons (Fsp3) is 0.167. The highest BCUT2D eigenvalue weighted by atomic mass is 32.2. The molecule has 0 saturated carbocycles. The van der Waals surface area contributed by atoms with Crippen molar-refractivity contribution in [3.8, 4) is 5.75 Å². The third-order valence-corrected chi connectivity index (χ3v) is 4.31. The highest BCUT2D eigenvalue weighted by Crippen LogP contribution is 2.16. The molecule has 1 amide bonds. The molecule has 0 fully saturated rings. The number of hydrogen-bond acceptors (Lipinski definition) is 6. The van der Waals surface area contributed by atoms with Gasteiger partial charge in [0.2, 0.25) is 10.0 Å². The number of aromatic hydroxyl groups is 1. The number of amides is 1. The van der Waals surface area contributed by atoms with E-state index in [0.717, 1.165) is 12.3 Å². The van der Waals surface area contributed by atoms with Crippen molar-refractivity contribution in [3.63, 3.8) is 0 Å². The fourth-order valence-corrected chi connectivity index (χ4v) is 2.76. The molecule has 8 nitrogen and oxygen atoms in total. The van der Waals surface area contributed by atoms with Crippen molar-refractivity contribution in [2.24, 2.45) is 7.05 Å². The van der Waals surface area contributed by atoms with Gasteiger partial charge in [0.25, 0.3) is 11.5 Å². The van der Waals surface area contributed by atoms with Crippen LogP contribution in [0.4, 0.5) is 0 Å². The normalized spacial score (nSPS) is 11.5. The molecular formula is C18H18N2O6S. The summed E-state index contributed by atoms with van der Waals surface area (Å²) < 4.78 is 25.4. The summed E-state index contributed by atoms with van der Waals surface area (Å²) in [5.74, 6) is -1.91. The Kier molecular flexibility index (Phi) is 5.65. The van der Waals surface area contributed by atoms with Crippen LogP contribution in [0.5, 0.6) is 5.75 Å². The number of carbonyl (C=O) groups excluding carboxylic acids is 2. The van der Waals surface area contributed by atoms with E-state index >= 15 is 0 Å². The van der Waals surface area contributed by atoms with Gasteiger partial charge >= 0.3 is 0 Å². The monoisotopic (exact) mass is 390 g/mol. The highest BCUT2D eigenvalue weighted by molar-refractivity contribution is 7.89. The van der Waals surface area contributed by atoms with Crippen LogP contribution in [0.15, 0.2) is 41.2 Å². The second-order valence-corrected chi connectivity index (χ2v) is 7.68. The van der Waals surface area contributed by atoms with Crippen molar-refractivity contribution in [2.45, 2.75) is 6.92 Å². The predicted molar refractivity (Wildman–Crippen MR) is 100 cm³/mol. The summed E-state index contributed by atoms with van der Waals surface area (Å²) in [6, 6.07) is 7.23. The number of hydrogen-bond donors (Lipinski definition) is 2. The predicted octanol–water partition coefficient (Wildman–Crippen LogP) is 0.985. The molecule has 2 rings (SSSR count). The Bertz CT molecular complexity index is 1110. The second kappa shape index (κ2) is 7.58. The number of pyridine rings is 1. The lowest BCUT2D eigenvalue weighted by atomic mass is 10.1. The minimum Gasteiger partial charge on any atom is -0.507 e. The lowest BCUT2D eigenvalue weighted by molar-refractivity contribution is 0.0980. The topological polar surface area (TPSA) is 123 Å². The number of aromatic nitrogens is 1. The van der Waals surface area contributed by atoms with E-state index in [1.54, 1.807) is 13.0 Å². The molecule has 1 aromatic heterocycles. The van der Waals surface area contributed by atoms with Gasteiger partial charge in [0, 0.05) is 24.4 Å². The molecule has 2 N–H and O–H groups in total. The Morgan fingerprint density at radius 2 is 1.89 bits per heavy atom. The van der Waals surface area contributed by atoms with Crippen LogP contribution in [0, 0.1) is 6.92 Å². The zero-order valence-corrected chi connectivity index (χ0v) is 15.7. The third-order valence-electron chi connectivity index (χ3n) is 3.75. The first kappa shape index (κ1) is 20.1. The van der Waals surface area contributed by atoms with Gasteiger partial charge in [-0.15, -0.1) is 0 Å². The minimum absolute atomic E-state index is 0.0871. The number of aryl methyl sites for hydroxylation is 1. The number of carbonyl (C=O) groups is 2. The molecule has 142 valence electrons. The first-order valence-corrected chi connectivity index (χ1v) is 9.63. The van der Waals surface area contributed by atoms with E-state index < -0.39 is 33.0 Å². The van der Waals surface area contributed by atoms with E-state index in [2.05, 4.69) is 0 Å². The van der Waals surface area contributed by atoms with E-state index in [4.69, 9.17) is 0 Å². The molecule has 2 aromatic rings. The number of nitrogens with zero attached hydrogens (tertiary/aromatic N) is 1. The van der Waals surface area contributed by atoms with Crippen LogP contribution < -0.4 is 10.3 Å². The van der Waals surface area contributed by atoms with Crippen molar-refractivity contribution in [2.75, 3.05) is 6.26 Å². The van der Waals surface area contributed by atoms with Crippen molar-refractivity contribution in [3.05, 3.63) is 69.1 Å². The molecule has 1 heterocycles. The number of allylic oxidation sites excluding steroid dienone is 1. The summed E-state index contributed by atoms with van der Waals surface area (Å²) in [4.78, 5) is 36.4. The summed E-state index contributed by atoms with van der Waals surface area (Å²) in [5.41, 5.74) is 0.0495. The lowest BCUT2D eigenvalue weighted by Crippen LogP contribution is -2.29. The summed E-state index contributed by atoms with van der Waals surface area (Å²) in [7, 11) is -2.21. The van der Waals surface area contributed by atoms with Gasteiger partial charge in [-0.3, -0.25) is 14.4 Å². The van der Waals surface area contributed by atoms with Gasteiger partial charge in [-0.2, -0.15) is 0 Å². The van der Waals surface area contributed by atoms with Crippen molar-refractivity contribution in [1.29, 1.82) is 0 Å². The summed E-state index contributed by atoms with van der Waals surface area (Å²) >= 11 is 0. The Hall–Kier alpha value is -3.20. The van der Waals surface area contributed by atoms with Crippen molar-refractivity contribution >= 4 is 27.8 Å². The minimum atomic E-state index is -3.70. The fourth-order valence-electron chi connectivity index (χ4n) is 2.30. The molecule has 0 bridgehead atoms. The first-order chi connectivity index (χ1) is 12.5. The maximum absolute atomic E-state index is 12.3. The quantitative estimate of drug-likeness (QED) is 0.580.